The molecule has 0 aromatic heterocycles. The summed E-state index contributed by atoms with van der Waals surface area (Å²) in [6, 6.07) is 19.3. The Labute approximate surface area is 119 Å². The van der Waals surface area contributed by atoms with Crippen LogP contribution in [-0.2, 0) is 11.2 Å². The lowest BCUT2D eigenvalue weighted by atomic mass is 9.98. The van der Waals surface area contributed by atoms with Crippen LogP contribution in [0.2, 0.25) is 0 Å². The summed E-state index contributed by atoms with van der Waals surface area (Å²) in [6.45, 7) is 1.99. The highest BCUT2D eigenvalue weighted by Gasteiger charge is 2.27. The predicted octanol–water partition coefficient (Wildman–Crippen LogP) is 3.42. The Hall–Kier alpha value is -2.09. The summed E-state index contributed by atoms with van der Waals surface area (Å²) in [4.78, 5) is 11.5. The highest BCUT2D eigenvalue weighted by atomic mass is 16.2. The monoisotopic (exact) mass is 265 g/mol. The second-order valence-corrected chi connectivity index (χ2v) is 5.61. The standard InChI is InChI=1S/C18H19NO/c1-13-11-17(19-18(13)20)12-14-7-9-16(10-8-14)15-5-3-2-4-6-15/h2-10,13,17H,11-12H2,1H3,(H,19,20)/t13-,17+/m0/s1. The van der Waals surface area contributed by atoms with Gasteiger partial charge in [-0.05, 0) is 29.5 Å². The van der Waals surface area contributed by atoms with Gasteiger partial charge in [0, 0.05) is 12.0 Å². The average molecular weight is 265 g/mol. The SMILES string of the molecule is C[C@H]1C[C@H](Cc2ccc(-c3ccccc3)cc2)NC1=O. The van der Waals surface area contributed by atoms with Crippen LogP contribution in [0.1, 0.15) is 18.9 Å². The van der Waals surface area contributed by atoms with Crippen molar-refractivity contribution in [1.82, 2.24) is 5.32 Å². The summed E-state index contributed by atoms with van der Waals surface area (Å²) in [5.41, 5.74) is 3.75. The fourth-order valence-corrected chi connectivity index (χ4v) is 2.82. The first kappa shape index (κ1) is 12.9. The number of hydrogen-bond acceptors (Lipinski definition) is 1. The zero-order chi connectivity index (χ0) is 13.9. The first-order valence-electron chi connectivity index (χ1n) is 7.17. The molecule has 2 atom stereocenters. The zero-order valence-electron chi connectivity index (χ0n) is 11.7. The summed E-state index contributed by atoms with van der Waals surface area (Å²) in [5, 5.41) is 3.06. The van der Waals surface area contributed by atoms with Crippen LogP contribution < -0.4 is 5.32 Å². The van der Waals surface area contributed by atoms with Gasteiger partial charge >= 0.3 is 0 Å². The molecule has 1 aliphatic rings. The lowest BCUT2D eigenvalue weighted by molar-refractivity contribution is -0.122. The lowest BCUT2D eigenvalue weighted by Gasteiger charge is -2.10. The molecule has 2 nitrogen and oxygen atoms in total. The second-order valence-electron chi connectivity index (χ2n) is 5.61. The molecule has 0 unspecified atom stereocenters. The molecule has 0 radical (unpaired) electrons. The largest absolute Gasteiger partial charge is 0.353 e. The minimum Gasteiger partial charge on any atom is -0.353 e. The van der Waals surface area contributed by atoms with Gasteiger partial charge in [-0.2, -0.15) is 0 Å². The van der Waals surface area contributed by atoms with E-state index in [1.807, 2.05) is 13.0 Å². The first-order valence-corrected chi connectivity index (χ1v) is 7.17. The number of carbonyl (C=O) groups excluding carboxylic acids is 1. The third-order valence-electron chi connectivity index (χ3n) is 3.98. The highest BCUT2D eigenvalue weighted by molar-refractivity contribution is 5.80. The molecule has 1 N–H and O–H groups in total. The Morgan fingerprint density at radius 3 is 2.25 bits per heavy atom. The normalized spacial score (nSPS) is 21.8. The molecule has 1 saturated heterocycles. The molecule has 1 amide bonds. The van der Waals surface area contributed by atoms with E-state index >= 15 is 0 Å². The molecule has 0 spiro atoms. The van der Waals surface area contributed by atoms with Gasteiger partial charge in [0.2, 0.25) is 5.91 Å². The third-order valence-corrected chi connectivity index (χ3v) is 3.98. The van der Waals surface area contributed by atoms with Crippen LogP contribution in [0.5, 0.6) is 0 Å². The predicted molar refractivity (Wildman–Crippen MR) is 81.3 cm³/mol. The topological polar surface area (TPSA) is 29.1 Å². The third kappa shape index (κ3) is 2.74. The Morgan fingerprint density at radius 1 is 1.00 bits per heavy atom. The van der Waals surface area contributed by atoms with Crippen molar-refractivity contribution < 1.29 is 4.79 Å². The van der Waals surface area contributed by atoms with Gasteiger partial charge in [-0.25, -0.2) is 0 Å². The van der Waals surface area contributed by atoms with Gasteiger partial charge in [0.1, 0.15) is 0 Å². The van der Waals surface area contributed by atoms with Crippen molar-refractivity contribution >= 4 is 5.91 Å². The summed E-state index contributed by atoms with van der Waals surface area (Å²) in [7, 11) is 0. The summed E-state index contributed by atoms with van der Waals surface area (Å²) in [5.74, 6) is 0.347. The minimum atomic E-state index is 0.156. The Bertz CT molecular complexity index is 589. The molecular formula is C18H19NO. The smallest absolute Gasteiger partial charge is 0.223 e. The van der Waals surface area contributed by atoms with Crippen LogP contribution in [0.25, 0.3) is 11.1 Å². The van der Waals surface area contributed by atoms with Gasteiger partial charge in [-0.15, -0.1) is 0 Å². The van der Waals surface area contributed by atoms with E-state index < -0.39 is 0 Å². The number of hydrogen-bond donors (Lipinski definition) is 1. The Kier molecular flexibility index (Phi) is 3.55. The van der Waals surface area contributed by atoms with Crippen LogP contribution in [0.3, 0.4) is 0 Å². The Balaban J connectivity index is 1.69. The van der Waals surface area contributed by atoms with Crippen LogP contribution in [-0.4, -0.2) is 11.9 Å². The fourth-order valence-electron chi connectivity index (χ4n) is 2.82. The molecule has 1 aliphatic heterocycles. The van der Waals surface area contributed by atoms with Crippen molar-refractivity contribution in [3.05, 3.63) is 60.2 Å². The van der Waals surface area contributed by atoms with Crippen LogP contribution in [0.15, 0.2) is 54.6 Å². The van der Waals surface area contributed by atoms with Gasteiger partial charge in [0.25, 0.3) is 0 Å². The van der Waals surface area contributed by atoms with Crippen molar-refractivity contribution in [2.24, 2.45) is 5.92 Å². The number of rotatable bonds is 3. The number of nitrogens with one attached hydrogen (secondary N) is 1. The van der Waals surface area contributed by atoms with Crippen molar-refractivity contribution in [3.8, 4) is 11.1 Å². The summed E-state index contributed by atoms with van der Waals surface area (Å²) in [6.07, 6.45) is 1.87. The van der Waals surface area contributed by atoms with E-state index in [9.17, 15) is 4.79 Å². The van der Waals surface area contributed by atoms with E-state index in [1.54, 1.807) is 0 Å². The van der Waals surface area contributed by atoms with Gasteiger partial charge in [-0.3, -0.25) is 4.79 Å². The van der Waals surface area contributed by atoms with Crippen molar-refractivity contribution in [3.63, 3.8) is 0 Å². The van der Waals surface area contributed by atoms with E-state index in [0.717, 1.165) is 12.8 Å². The molecular weight excluding hydrogens is 246 g/mol. The zero-order valence-corrected chi connectivity index (χ0v) is 11.7. The highest BCUT2D eigenvalue weighted by Crippen LogP contribution is 2.22. The summed E-state index contributed by atoms with van der Waals surface area (Å²) < 4.78 is 0. The average Bonchev–Trinajstić information content (AvgIpc) is 2.79. The van der Waals surface area contributed by atoms with Gasteiger partial charge < -0.3 is 5.32 Å². The molecule has 0 aliphatic carbocycles. The minimum absolute atomic E-state index is 0.156. The van der Waals surface area contributed by atoms with E-state index in [4.69, 9.17) is 0 Å². The van der Waals surface area contributed by atoms with Crippen LogP contribution in [0, 0.1) is 5.92 Å². The van der Waals surface area contributed by atoms with E-state index in [-0.39, 0.29) is 11.8 Å². The second kappa shape index (κ2) is 5.49. The molecule has 20 heavy (non-hydrogen) atoms. The molecule has 2 heteroatoms. The lowest BCUT2D eigenvalue weighted by Crippen LogP contribution is -2.27. The van der Waals surface area contributed by atoms with Crippen LogP contribution in [0.4, 0.5) is 0 Å². The molecule has 3 rings (SSSR count). The maximum absolute atomic E-state index is 11.5. The van der Waals surface area contributed by atoms with Crippen LogP contribution >= 0.6 is 0 Å². The number of amides is 1. The Morgan fingerprint density at radius 2 is 1.65 bits per heavy atom. The van der Waals surface area contributed by atoms with Gasteiger partial charge in [0.15, 0.2) is 0 Å². The maximum atomic E-state index is 11.5. The van der Waals surface area contributed by atoms with Gasteiger partial charge in [-0.1, -0.05) is 61.5 Å². The van der Waals surface area contributed by atoms with E-state index in [2.05, 4.69) is 53.8 Å². The summed E-state index contributed by atoms with van der Waals surface area (Å²) >= 11 is 0. The first-order chi connectivity index (χ1) is 9.72. The molecule has 1 heterocycles. The van der Waals surface area contributed by atoms with Crippen molar-refractivity contribution in [2.45, 2.75) is 25.8 Å². The van der Waals surface area contributed by atoms with Gasteiger partial charge in [0.05, 0.1) is 0 Å². The molecule has 0 saturated carbocycles. The number of carbonyl (C=O) groups is 1. The molecule has 0 bridgehead atoms. The number of benzene rings is 2. The van der Waals surface area contributed by atoms with E-state index in [0.29, 0.717) is 6.04 Å². The molecule has 102 valence electrons. The van der Waals surface area contributed by atoms with Crippen molar-refractivity contribution in [1.29, 1.82) is 0 Å². The molecule has 2 aromatic rings. The maximum Gasteiger partial charge on any atom is 0.223 e. The van der Waals surface area contributed by atoms with Crippen molar-refractivity contribution in [2.75, 3.05) is 0 Å². The molecule has 2 aromatic carbocycles. The molecule has 1 fully saturated rings. The fraction of sp³-hybridized carbons (Fsp3) is 0.278. The van der Waals surface area contributed by atoms with E-state index in [1.165, 1.54) is 16.7 Å². The quantitative estimate of drug-likeness (QED) is 0.905.